The fourth-order valence-electron chi connectivity index (χ4n) is 4.51. The standard InChI is InChI=1S/C28H28N4O5/c33-17-25(34)32-14-12-22(13-15-32)37-21-9-6-18(7-10-21)26-23-16-20(8-11-24(23)30-31-26)28(36)29-27(35)19-4-2-1-3-5-19/h1-11,16,22,27,33,35H,12-15,17H2,(H,29,36)(H,30,31)/t27-/m0/s1. The lowest BCUT2D eigenvalue weighted by molar-refractivity contribution is -0.135. The third-order valence-electron chi connectivity index (χ3n) is 6.57. The highest BCUT2D eigenvalue weighted by Crippen LogP contribution is 2.29. The Morgan fingerprint density at radius 3 is 2.49 bits per heavy atom. The van der Waals surface area contributed by atoms with Gasteiger partial charge in [-0.05, 0) is 42.5 Å². The third kappa shape index (κ3) is 5.47. The first kappa shape index (κ1) is 24.5. The number of rotatable bonds is 7. The first-order valence-electron chi connectivity index (χ1n) is 12.2. The molecule has 190 valence electrons. The lowest BCUT2D eigenvalue weighted by atomic mass is 10.0. The van der Waals surface area contributed by atoms with E-state index in [1.807, 2.05) is 30.3 Å². The molecule has 2 heterocycles. The Bertz CT molecular complexity index is 1380. The fourth-order valence-corrected chi connectivity index (χ4v) is 4.51. The van der Waals surface area contributed by atoms with Crippen molar-refractivity contribution in [2.24, 2.45) is 0 Å². The molecule has 0 unspecified atom stereocenters. The maximum Gasteiger partial charge on any atom is 0.253 e. The number of likely N-dealkylation sites (tertiary alicyclic amines) is 1. The summed E-state index contributed by atoms with van der Waals surface area (Å²) in [6, 6.07) is 21.8. The monoisotopic (exact) mass is 500 g/mol. The second-order valence-corrected chi connectivity index (χ2v) is 9.00. The van der Waals surface area contributed by atoms with Gasteiger partial charge in [0, 0.05) is 48.0 Å². The van der Waals surface area contributed by atoms with E-state index in [2.05, 4.69) is 15.5 Å². The zero-order chi connectivity index (χ0) is 25.8. The molecule has 1 aliphatic rings. The van der Waals surface area contributed by atoms with Gasteiger partial charge in [-0.15, -0.1) is 0 Å². The van der Waals surface area contributed by atoms with Gasteiger partial charge in [-0.2, -0.15) is 5.10 Å². The molecular weight excluding hydrogens is 472 g/mol. The molecule has 0 saturated carbocycles. The summed E-state index contributed by atoms with van der Waals surface area (Å²) in [6.07, 6.45) is 0.318. The number of nitrogens with zero attached hydrogens (tertiary/aromatic N) is 2. The van der Waals surface area contributed by atoms with Crippen molar-refractivity contribution in [3.05, 3.63) is 83.9 Å². The van der Waals surface area contributed by atoms with Gasteiger partial charge in [0.2, 0.25) is 5.91 Å². The van der Waals surface area contributed by atoms with Crippen LogP contribution in [-0.4, -0.2) is 62.9 Å². The molecule has 2 amide bonds. The van der Waals surface area contributed by atoms with Crippen molar-refractivity contribution >= 4 is 22.7 Å². The van der Waals surface area contributed by atoms with Gasteiger partial charge in [0.05, 0.1) is 11.2 Å². The van der Waals surface area contributed by atoms with Crippen LogP contribution in [0.1, 0.15) is 35.0 Å². The van der Waals surface area contributed by atoms with Crippen LogP contribution in [0.25, 0.3) is 22.2 Å². The summed E-state index contributed by atoms with van der Waals surface area (Å²) in [4.78, 5) is 26.1. The second-order valence-electron chi connectivity index (χ2n) is 9.00. The average molecular weight is 501 g/mol. The average Bonchev–Trinajstić information content (AvgIpc) is 3.37. The minimum absolute atomic E-state index is 0.00659. The number of benzene rings is 3. The predicted molar refractivity (Wildman–Crippen MR) is 138 cm³/mol. The van der Waals surface area contributed by atoms with Gasteiger partial charge < -0.3 is 25.2 Å². The van der Waals surface area contributed by atoms with Crippen LogP contribution in [0.4, 0.5) is 0 Å². The first-order chi connectivity index (χ1) is 18.0. The van der Waals surface area contributed by atoms with E-state index in [-0.39, 0.29) is 17.9 Å². The van der Waals surface area contributed by atoms with Crippen LogP contribution < -0.4 is 10.1 Å². The summed E-state index contributed by atoms with van der Waals surface area (Å²) >= 11 is 0. The number of H-pyrrole nitrogens is 1. The summed E-state index contributed by atoms with van der Waals surface area (Å²) in [5.74, 6) is 0.0911. The predicted octanol–water partition coefficient (Wildman–Crippen LogP) is 3.01. The number of aromatic nitrogens is 2. The number of aliphatic hydroxyl groups is 2. The van der Waals surface area contributed by atoms with Gasteiger partial charge >= 0.3 is 0 Å². The highest BCUT2D eigenvalue weighted by molar-refractivity contribution is 6.01. The maximum absolute atomic E-state index is 12.8. The first-order valence-corrected chi connectivity index (χ1v) is 12.2. The number of carbonyl (C=O) groups is 2. The minimum Gasteiger partial charge on any atom is -0.490 e. The zero-order valence-electron chi connectivity index (χ0n) is 20.1. The van der Waals surface area contributed by atoms with E-state index in [0.29, 0.717) is 42.8 Å². The molecule has 1 aromatic heterocycles. The largest absolute Gasteiger partial charge is 0.490 e. The summed E-state index contributed by atoms with van der Waals surface area (Å²) in [7, 11) is 0. The Balaban J connectivity index is 1.27. The van der Waals surface area contributed by atoms with Crippen molar-refractivity contribution in [3.63, 3.8) is 0 Å². The summed E-state index contributed by atoms with van der Waals surface area (Å²) in [5, 5.41) is 30.2. The number of ether oxygens (including phenoxy) is 1. The third-order valence-corrected chi connectivity index (χ3v) is 6.57. The lowest BCUT2D eigenvalue weighted by Gasteiger charge is -2.31. The summed E-state index contributed by atoms with van der Waals surface area (Å²) in [6.45, 7) is 0.677. The van der Waals surface area contributed by atoms with Crippen LogP contribution in [0, 0.1) is 0 Å². The fraction of sp³-hybridized carbons (Fsp3) is 0.250. The topological polar surface area (TPSA) is 128 Å². The van der Waals surface area contributed by atoms with Gasteiger partial charge in [0.1, 0.15) is 18.5 Å². The van der Waals surface area contributed by atoms with Crippen molar-refractivity contribution in [1.82, 2.24) is 20.4 Å². The van der Waals surface area contributed by atoms with Crippen molar-refractivity contribution in [2.75, 3.05) is 19.7 Å². The Morgan fingerprint density at radius 2 is 1.78 bits per heavy atom. The molecule has 1 atom stereocenters. The molecule has 1 saturated heterocycles. The molecule has 1 fully saturated rings. The molecule has 0 bridgehead atoms. The van der Waals surface area contributed by atoms with Gasteiger partial charge in [-0.25, -0.2) is 0 Å². The molecule has 1 aliphatic heterocycles. The molecule has 0 aliphatic carbocycles. The Hall–Kier alpha value is -4.21. The van der Waals surface area contributed by atoms with E-state index >= 15 is 0 Å². The molecule has 0 radical (unpaired) electrons. The van der Waals surface area contributed by atoms with Crippen LogP contribution in [0.2, 0.25) is 0 Å². The smallest absolute Gasteiger partial charge is 0.253 e. The highest BCUT2D eigenvalue weighted by Gasteiger charge is 2.23. The second kappa shape index (κ2) is 10.8. The lowest BCUT2D eigenvalue weighted by Crippen LogP contribution is -2.42. The molecule has 37 heavy (non-hydrogen) atoms. The number of carbonyl (C=O) groups excluding carboxylic acids is 2. The molecule has 0 spiro atoms. The van der Waals surface area contributed by atoms with E-state index in [0.717, 1.165) is 22.2 Å². The normalized spacial score (nSPS) is 14.9. The molecule has 3 aromatic carbocycles. The Morgan fingerprint density at radius 1 is 1.05 bits per heavy atom. The van der Waals surface area contributed by atoms with Crippen molar-refractivity contribution in [2.45, 2.75) is 25.2 Å². The number of fused-ring (bicyclic) bond motifs is 1. The van der Waals surface area contributed by atoms with E-state index in [4.69, 9.17) is 9.84 Å². The van der Waals surface area contributed by atoms with E-state index in [1.54, 1.807) is 47.4 Å². The molecule has 4 aromatic rings. The van der Waals surface area contributed by atoms with E-state index < -0.39 is 12.8 Å². The van der Waals surface area contributed by atoms with Crippen LogP contribution >= 0.6 is 0 Å². The quantitative estimate of drug-likeness (QED) is 0.289. The highest BCUT2D eigenvalue weighted by atomic mass is 16.5. The number of aliphatic hydroxyl groups excluding tert-OH is 2. The molecular formula is C28H28N4O5. The number of nitrogens with one attached hydrogen (secondary N) is 2. The van der Waals surface area contributed by atoms with E-state index in [9.17, 15) is 14.7 Å². The van der Waals surface area contributed by atoms with Crippen LogP contribution in [0.5, 0.6) is 5.75 Å². The van der Waals surface area contributed by atoms with Gasteiger partial charge in [-0.1, -0.05) is 30.3 Å². The Kier molecular flexibility index (Phi) is 7.16. The number of amides is 2. The number of aromatic amines is 1. The van der Waals surface area contributed by atoms with E-state index in [1.165, 1.54) is 0 Å². The number of piperidine rings is 1. The molecule has 9 nitrogen and oxygen atoms in total. The van der Waals surface area contributed by atoms with Crippen molar-refractivity contribution in [1.29, 1.82) is 0 Å². The van der Waals surface area contributed by atoms with Gasteiger partial charge in [0.25, 0.3) is 5.91 Å². The SMILES string of the molecule is O=C(N[C@@H](O)c1ccccc1)c1ccc2[nH]nc(-c3ccc(OC4CCN(C(=O)CO)CC4)cc3)c2c1. The molecule has 9 heteroatoms. The van der Waals surface area contributed by atoms with Crippen LogP contribution in [-0.2, 0) is 4.79 Å². The van der Waals surface area contributed by atoms with Crippen molar-refractivity contribution in [3.8, 4) is 17.0 Å². The van der Waals surface area contributed by atoms with Gasteiger partial charge in [-0.3, -0.25) is 14.7 Å². The van der Waals surface area contributed by atoms with Crippen molar-refractivity contribution < 1.29 is 24.5 Å². The Labute approximate surface area is 213 Å². The molecule has 4 N–H and O–H groups in total. The molecule has 5 rings (SSSR count). The summed E-state index contributed by atoms with van der Waals surface area (Å²) < 4.78 is 6.10. The van der Waals surface area contributed by atoms with Crippen LogP contribution in [0.3, 0.4) is 0 Å². The number of hydrogen-bond acceptors (Lipinski definition) is 6. The zero-order valence-corrected chi connectivity index (χ0v) is 20.1. The maximum atomic E-state index is 12.8. The van der Waals surface area contributed by atoms with Gasteiger partial charge in [0.15, 0.2) is 6.23 Å². The van der Waals surface area contributed by atoms with Crippen LogP contribution in [0.15, 0.2) is 72.8 Å². The minimum atomic E-state index is -1.11. The number of hydrogen-bond donors (Lipinski definition) is 4. The summed E-state index contributed by atoms with van der Waals surface area (Å²) in [5.41, 5.74) is 3.38.